The van der Waals surface area contributed by atoms with Crippen LogP contribution in [0.1, 0.15) is 24.8 Å². The van der Waals surface area contributed by atoms with Gasteiger partial charge < -0.3 is 0 Å². The van der Waals surface area contributed by atoms with Crippen LogP contribution in [0.5, 0.6) is 0 Å². The van der Waals surface area contributed by atoms with Crippen LogP contribution in [-0.2, 0) is 0 Å². The van der Waals surface area contributed by atoms with Crippen LogP contribution in [0.2, 0.25) is 6.04 Å². The minimum Gasteiger partial charge on any atom is -0.0708 e. The van der Waals surface area contributed by atoms with Crippen molar-refractivity contribution in [1.29, 1.82) is 0 Å². The molecule has 3 aromatic carbocycles. The highest BCUT2D eigenvalue weighted by Gasteiger charge is 2.41. The van der Waals surface area contributed by atoms with E-state index in [1.54, 1.807) is 15.6 Å². The molecule has 25 heavy (non-hydrogen) atoms. The summed E-state index contributed by atoms with van der Waals surface area (Å²) in [6.07, 6.45) is 6.37. The Bertz CT molecular complexity index is 796. The average molecular weight is 341 g/mol. The lowest BCUT2D eigenvalue weighted by molar-refractivity contribution is 0.769. The molecule has 1 aliphatic heterocycles. The van der Waals surface area contributed by atoms with Crippen LogP contribution in [0, 0.1) is 0 Å². The summed E-state index contributed by atoms with van der Waals surface area (Å²) < 4.78 is 0. The molecule has 0 spiro atoms. The Hall–Kier alpha value is -2.38. The van der Waals surface area contributed by atoms with Gasteiger partial charge in [0, 0.05) is 0 Å². The number of allylic oxidation sites excluding steroid dienone is 1. The SMILES string of the molecule is C(=C1/CCCC[Si]1(c1ccccc1)c1ccccc1)/c1ccccc1. The molecule has 0 unspecified atom stereocenters. The van der Waals surface area contributed by atoms with E-state index in [0.29, 0.717) is 0 Å². The van der Waals surface area contributed by atoms with Crippen LogP contribution in [0.4, 0.5) is 0 Å². The molecule has 0 bridgehead atoms. The van der Waals surface area contributed by atoms with E-state index in [1.807, 2.05) is 0 Å². The van der Waals surface area contributed by atoms with Gasteiger partial charge in [0.15, 0.2) is 0 Å². The molecule has 0 atom stereocenters. The highest BCUT2D eigenvalue weighted by atomic mass is 28.3. The van der Waals surface area contributed by atoms with E-state index in [9.17, 15) is 0 Å². The Kier molecular flexibility index (Phi) is 4.67. The van der Waals surface area contributed by atoms with E-state index < -0.39 is 8.07 Å². The molecule has 1 saturated heterocycles. The molecule has 3 aromatic rings. The Balaban J connectivity index is 1.93. The van der Waals surface area contributed by atoms with Gasteiger partial charge in [0.2, 0.25) is 0 Å². The zero-order chi connectivity index (χ0) is 17.0. The van der Waals surface area contributed by atoms with Crippen molar-refractivity contribution in [3.8, 4) is 0 Å². The van der Waals surface area contributed by atoms with E-state index >= 15 is 0 Å². The third-order valence-corrected chi connectivity index (χ3v) is 10.7. The van der Waals surface area contributed by atoms with Crippen LogP contribution in [-0.4, -0.2) is 8.07 Å². The summed E-state index contributed by atoms with van der Waals surface area (Å²) in [5.41, 5.74) is 1.34. The van der Waals surface area contributed by atoms with Crippen molar-refractivity contribution in [2.24, 2.45) is 0 Å². The fourth-order valence-corrected chi connectivity index (χ4v) is 9.59. The van der Waals surface area contributed by atoms with Gasteiger partial charge in [-0.15, -0.1) is 0 Å². The van der Waals surface area contributed by atoms with Gasteiger partial charge in [-0.05, 0) is 28.4 Å². The zero-order valence-corrected chi connectivity index (χ0v) is 15.6. The Morgan fingerprint density at radius 1 is 0.600 bits per heavy atom. The predicted octanol–water partition coefficient (Wildman–Crippen LogP) is 5.06. The predicted molar refractivity (Wildman–Crippen MR) is 111 cm³/mol. The van der Waals surface area contributed by atoms with Crippen LogP contribution < -0.4 is 10.4 Å². The summed E-state index contributed by atoms with van der Waals surface area (Å²) in [7, 11) is -1.89. The van der Waals surface area contributed by atoms with Crippen molar-refractivity contribution in [1.82, 2.24) is 0 Å². The molecule has 1 aliphatic rings. The maximum absolute atomic E-state index is 2.49. The molecule has 0 amide bonds. The van der Waals surface area contributed by atoms with Gasteiger partial charge in [0.25, 0.3) is 0 Å². The molecular formula is C24H24Si. The fraction of sp³-hybridized carbons (Fsp3) is 0.167. The Morgan fingerprint density at radius 2 is 1.12 bits per heavy atom. The van der Waals surface area contributed by atoms with Crippen molar-refractivity contribution < 1.29 is 0 Å². The first-order valence-corrected chi connectivity index (χ1v) is 11.5. The fourth-order valence-electron chi connectivity index (χ4n) is 4.30. The molecule has 4 rings (SSSR count). The average Bonchev–Trinajstić information content (AvgIpc) is 2.71. The summed E-state index contributed by atoms with van der Waals surface area (Å²) in [5, 5.41) is 4.80. The summed E-state index contributed by atoms with van der Waals surface area (Å²) in [5.74, 6) is 0. The minimum absolute atomic E-state index is 1.23. The van der Waals surface area contributed by atoms with E-state index in [4.69, 9.17) is 0 Å². The maximum atomic E-state index is 2.49. The quantitative estimate of drug-likeness (QED) is 0.585. The van der Waals surface area contributed by atoms with Gasteiger partial charge in [0.1, 0.15) is 8.07 Å². The van der Waals surface area contributed by atoms with Crippen LogP contribution in [0.15, 0.2) is 96.2 Å². The number of hydrogen-bond donors (Lipinski definition) is 0. The number of rotatable bonds is 3. The van der Waals surface area contributed by atoms with E-state index in [1.165, 1.54) is 30.9 Å². The zero-order valence-electron chi connectivity index (χ0n) is 14.6. The second-order valence-electron chi connectivity index (χ2n) is 6.92. The minimum atomic E-state index is -1.89. The maximum Gasteiger partial charge on any atom is 0.144 e. The molecular weight excluding hydrogens is 316 g/mol. The standard InChI is InChI=1S/C24H24Si/c1-4-12-21(13-5-1)20-24-18-10-11-19-25(24,22-14-6-2-7-15-22)23-16-8-3-9-17-23/h1-9,12-17,20H,10-11,18-19H2/b24-20+. The normalized spacial score (nSPS) is 18.2. The van der Waals surface area contributed by atoms with E-state index in [2.05, 4.69) is 97.1 Å². The summed E-state index contributed by atoms with van der Waals surface area (Å²) in [4.78, 5) is 0. The second-order valence-corrected chi connectivity index (χ2v) is 11.0. The third-order valence-electron chi connectivity index (χ3n) is 5.47. The summed E-state index contributed by atoms with van der Waals surface area (Å²) >= 11 is 0. The Morgan fingerprint density at radius 3 is 1.68 bits per heavy atom. The van der Waals surface area contributed by atoms with Crippen molar-refractivity contribution in [2.45, 2.75) is 25.3 Å². The van der Waals surface area contributed by atoms with E-state index in [-0.39, 0.29) is 0 Å². The molecule has 124 valence electrons. The second kappa shape index (κ2) is 7.24. The molecule has 0 aliphatic carbocycles. The Labute approximate surface area is 151 Å². The molecule has 0 saturated carbocycles. The number of benzene rings is 3. The highest BCUT2D eigenvalue weighted by molar-refractivity contribution is 7.07. The van der Waals surface area contributed by atoms with Gasteiger partial charge in [0.05, 0.1) is 0 Å². The molecule has 0 N–H and O–H groups in total. The van der Waals surface area contributed by atoms with Gasteiger partial charge >= 0.3 is 0 Å². The third kappa shape index (κ3) is 3.12. The lowest BCUT2D eigenvalue weighted by atomic mass is 10.1. The molecule has 1 heterocycles. The topological polar surface area (TPSA) is 0 Å². The molecule has 0 aromatic heterocycles. The van der Waals surface area contributed by atoms with Crippen molar-refractivity contribution in [3.05, 3.63) is 102 Å². The largest absolute Gasteiger partial charge is 0.144 e. The van der Waals surface area contributed by atoms with Crippen LogP contribution in [0.25, 0.3) is 6.08 Å². The number of hydrogen-bond acceptors (Lipinski definition) is 0. The van der Waals surface area contributed by atoms with Gasteiger partial charge in [-0.25, -0.2) is 0 Å². The smallest absolute Gasteiger partial charge is 0.0708 e. The summed E-state index contributed by atoms with van der Waals surface area (Å²) in [6.45, 7) is 0. The van der Waals surface area contributed by atoms with Gasteiger partial charge in [-0.2, -0.15) is 0 Å². The van der Waals surface area contributed by atoms with E-state index in [0.717, 1.165) is 0 Å². The lowest BCUT2D eigenvalue weighted by Gasteiger charge is -2.39. The van der Waals surface area contributed by atoms with Crippen molar-refractivity contribution in [2.75, 3.05) is 0 Å². The summed E-state index contributed by atoms with van der Waals surface area (Å²) in [6, 6.07) is 34.7. The molecule has 0 nitrogen and oxygen atoms in total. The molecule has 1 fully saturated rings. The monoisotopic (exact) mass is 340 g/mol. The van der Waals surface area contributed by atoms with Gasteiger partial charge in [-0.1, -0.05) is 115 Å². The van der Waals surface area contributed by atoms with Crippen LogP contribution >= 0.6 is 0 Å². The first-order chi connectivity index (χ1) is 12.4. The van der Waals surface area contributed by atoms with Crippen molar-refractivity contribution >= 4 is 24.5 Å². The first kappa shape index (κ1) is 16.1. The van der Waals surface area contributed by atoms with Crippen molar-refractivity contribution in [3.63, 3.8) is 0 Å². The van der Waals surface area contributed by atoms with Crippen LogP contribution in [0.3, 0.4) is 0 Å². The highest BCUT2D eigenvalue weighted by Crippen LogP contribution is 2.33. The molecule has 0 radical (unpaired) electrons. The first-order valence-electron chi connectivity index (χ1n) is 9.27. The molecule has 1 heteroatoms. The lowest BCUT2D eigenvalue weighted by Crippen LogP contribution is -2.61. The van der Waals surface area contributed by atoms with Gasteiger partial charge in [-0.3, -0.25) is 0 Å².